The lowest BCUT2D eigenvalue weighted by molar-refractivity contribution is -0.305. The zero-order chi connectivity index (χ0) is 58.9. The molecule has 8 unspecified atom stereocenters. The van der Waals surface area contributed by atoms with Crippen LogP contribution in [0, 0.1) is 0 Å². The van der Waals surface area contributed by atoms with Crippen molar-refractivity contribution in [3.05, 3.63) is 85.1 Å². The maximum absolute atomic E-state index is 13.4. The van der Waals surface area contributed by atoms with Crippen LogP contribution in [0.15, 0.2) is 85.1 Å². The number of aliphatic hydroxyl groups excluding tert-OH is 5. The van der Waals surface area contributed by atoms with E-state index in [1.165, 1.54) is 128 Å². The molecule has 0 aromatic rings. The molecule has 6 N–H and O–H groups in total. The smallest absolute Gasteiger partial charge is 0.306 e. The Balaban J connectivity index is 2.63. The first kappa shape index (κ1) is 75.9. The Labute approximate surface area is 495 Å². The number of esters is 1. The summed E-state index contributed by atoms with van der Waals surface area (Å²) in [5, 5.41) is 57.1. The number of rotatable bonds is 56. The molecule has 1 saturated heterocycles. The fraction of sp³-hybridized carbons (Fsp3) is 0.771. The van der Waals surface area contributed by atoms with Gasteiger partial charge in [0.15, 0.2) is 12.4 Å². The summed E-state index contributed by atoms with van der Waals surface area (Å²) in [6.07, 6.45) is 64.7. The number of aliphatic hydroxyl groups is 5. The third-order valence-electron chi connectivity index (χ3n) is 15.3. The Kier molecular flexibility index (Phi) is 53.6. The molecule has 11 heteroatoms. The van der Waals surface area contributed by atoms with Gasteiger partial charge < -0.3 is 45.1 Å². The lowest BCUT2D eigenvalue weighted by atomic mass is 9.99. The molecule has 1 aliphatic heterocycles. The summed E-state index contributed by atoms with van der Waals surface area (Å²) in [7, 11) is 0. The molecule has 0 aromatic heterocycles. The van der Waals surface area contributed by atoms with E-state index in [2.05, 4.69) is 99.0 Å². The third-order valence-corrected chi connectivity index (χ3v) is 15.3. The van der Waals surface area contributed by atoms with Crippen molar-refractivity contribution in [3.8, 4) is 0 Å². The SMILES string of the molecule is CCCCC/C=C\C/C=C\C/C=C\CCCCCCCCCCC(=O)OC1C(OCC(NC(=O)C(O)CCCCCCCCC/C=C\C/C=C\C/C=C\CCCCC)C(O)/C=C/CCCCCCCCCCC)OC(CO)C(O)C1O. The van der Waals surface area contributed by atoms with E-state index in [4.69, 9.17) is 14.2 Å². The van der Waals surface area contributed by atoms with E-state index in [0.29, 0.717) is 12.8 Å². The van der Waals surface area contributed by atoms with E-state index >= 15 is 0 Å². The molecule has 81 heavy (non-hydrogen) atoms. The number of unbranched alkanes of at least 4 members (excludes halogenated alkanes) is 30. The van der Waals surface area contributed by atoms with E-state index in [-0.39, 0.29) is 19.4 Å². The summed E-state index contributed by atoms with van der Waals surface area (Å²) in [5.41, 5.74) is 0. The van der Waals surface area contributed by atoms with Gasteiger partial charge in [0, 0.05) is 6.42 Å². The van der Waals surface area contributed by atoms with Crippen LogP contribution in [0.1, 0.15) is 284 Å². The second-order valence-electron chi connectivity index (χ2n) is 22.8. The maximum atomic E-state index is 13.4. The van der Waals surface area contributed by atoms with E-state index in [9.17, 15) is 35.1 Å². The summed E-state index contributed by atoms with van der Waals surface area (Å²) in [5.74, 6) is -1.21. The standard InChI is InChI=1S/C70H123NO10/c1-4-7-10-13-16-19-22-24-26-28-30-32-34-36-38-40-43-46-49-52-55-58-65(75)81-68-67(77)66(76)64(59-72)80-70(68)79-60-61(62(73)56-53-50-47-44-41-21-18-15-12-9-6-3)71-69(78)63(74)57-54-51-48-45-42-39-37-35-33-31-29-27-25-23-20-17-14-11-8-5-2/h16-17,19-20,24-27,30-33,53,56,61-64,66-68,70,72-74,76-77H,4-15,18,21-23,28-29,34-52,54-55,57-60H2,1-3H3,(H,71,78)/b19-16-,20-17-,26-24-,27-25-,32-30-,33-31-,56-53+. The van der Waals surface area contributed by atoms with Gasteiger partial charge in [0.05, 0.1) is 25.4 Å². The highest BCUT2D eigenvalue weighted by atomic mass is 16.7. The first-order chi connectivity index (χ1) is 39.7. The zero-order valence-corrected chi connectivity index (χ0v) is 51.9. The minimum absolute atomic E-state index is 0.111. The molecule has 11 nitrogen and oxygen atoms in total. The van der Waals surface area contributed by atoms with Crippen LogP contribution in [-0.2, 0) is 23.8 Å². The Hall–Kier alpha value is -3.16. The molecule has 0 bridgehead atoms. The van der Waals surface area contributed by atoms with Crippen LogP contribution in [0.2, 0.25) is 0 Å². The summed E-state index contributed by atoms with van der Waals surface area (Å²) >= 11 is 0. The molecule has 1 aliphatic rings. The number of carbonyl (C=O) groups is 2. The van der Waals surface area contributed by atoms with Crippen molar-refractivity contribution in [2.24, 2.45) is 0 Å². The van der Waals surface area contributed by atoms with Gasteiger partial charge >= 0.3 is 5.97 Å². The van der Waals surface area contributed by atoms with Crippen LogP contribution in [0.4, 0.5) is 0 Å². The predicted molar refractivity (Wildman–Crippen MR) is 338 cm³/mol. The number of carbonyl (C=O) groups excluding carboxylic acids is 2. The highest BCUT2D eigenvalue weighted by Gasteiger charge is 2.47. The van der Waals surface area contributed by atoms with Crippen LogP contribution in [0.3, 0.4) is 0 Å². The summed E-state index contributed by atoms with van der Waals surface area (Å²) < 4.78 is 17.6. The Morgan fingerprint density at radius 2 is 0.852 bits per heavy atom. The molecule has 0 aromatic carbocycles. The number of ether oxygens (including phenoxy) is 3. The van der Waals surface area contributed by atoms with Gasteiger partial charge in [0.2, 0.25) is 5.91 Å². The van der Waals surface area contributed by atoms with Crippen molar-refractivity contribution in [2.45, 2.75) is 333 Å². The lowest BCUT2D eigenvalue weighted by Gasteiger charge is -2.41. The second-order valence-corrected chi connectivity index (χ2v) is 22.8. The molecule has 1 heterocycles. The first-order valence-electron chi connectivity index (χ1n) is 33.4. The fourth-order valence-electron chi connectivity index (χ4n) is 9.96. The summed E-state index contributed by atoms with van der Waals surface area (Å²) in [6.45, 7) is 5.73. The average molecular weight is 1140 g/mol. The van der Waals surface area contributed by atoms with Crippen LogP contribution in [0.25, 0.3) is 0 Å². The van der Waals surface area contributed by atoms with Crippen molar-refractivity contribution in [3.63, 3.8) is 0 Å². The van der Waals surface area contributed by atoms with Gasteiger partial charge in [0.25, 0.3) is 0 Å². The van der Waals surface area contributed by atoms with E-state index in [0.717, 1.165) is 109 Å². The third kappa shape index (κ3) is 45.0. The molecule has 0 saturated carbocycles. The molecular formula is C70H123NO10. The number of amides is 1. The highest BCUT2D eigenvalue weighted by molar-refractivity contribution is 5.80. The summed E-state index contributed by atoms with van der Waals surface area (Å²) in [4.78, 5) is 26.6. The van der Waals surface area contributed by atoms with Gasteiger partial charge in [-0.3, -0.25) is 9.59 Å². The molecule has 8 atom stereocenters. The van der Waals surface area contributed by atoms with Gasteiger partial charge in [0.1, 0.15) is 24.4 Å². The van der Waals surface area contributed by atoms with Crippen molar-refractivity contribution < 1.29 is 49.3 Å². The molecule has 0 spiro atoms. The molecule has 468 valence electrons. The van der Waals surface area contributed by atoms with Crippen molar-refractivity contribution in [1.29, 1.82) is 0 Å². The maximum Gasteiger partial charge on any atom is 0.306 e. The molecule has 1 rings (SSSR count). The van der Waals surface area contributed by atoms with Crippen LogP contribution >= 0.6 is 0 Å². The monoisotopic (exact) mass is 1140 g/mol. The van der Waals surface area contributed by atoms with Gasteiger partial charge in [-0.05, 0) is 103 Å². The topological polar surface area (TPSA) is 175 Å². The minimum atomic E-state index is -1.62. The predicted octanol–water partition coefficient (Wildman–Crippen LogP) is 16.5. The van der Waals surface area contributed by atoms with E-state index < -0.39 is 67.4 Å². The van der Waals surface area contributed by atoms with Gasteiger partial charge in [-0.25, -0.2) is 0 Å². The van der Waals surface area contributed by atoms with Crippen molar-refractivity contribution >= 4 is 11.9 Å². The quantitative estimate of drug-likeness (QED) is 0.0195. The molecule has 1 fully saturated rings. The van der Waals surface area contributed by atoms with Crippen LogP contribution in [-0.4, -0.2) is 99.6 Å². The zero-order valence-electron chi connectivity index (χ0n) is 51.9. The lowest BCUT2D eigenvalue weighted by Crippen LogP contribution is -2.61. The summed E-state index contributed by atoms with van der Waals surface area (Å²) in [6, 6.07) is -1.03. The minimum Gasteiger partial charge on any atom is -0.454 e. The number of nitrogens with one attached hydrogen (secondary N) is 1. The fourth-order valence-corrected chi connectivity index (χ4v) is 9.96. The van der Waals surface area contributed by atoms with Gasteiger partial charge in [-0.15, -0.1) is 0 Å². The van der Waals surface area contributed by atoms with Crippen LogP contribution in [0.5, 0.6) is 0 Å². The normalized spacial score (nSPS) is 19.2. The number of hydrogen-bond donors (Lipinski definition) is 6. The molecular weight excluding hydrogens is 1010 g/mol. The highest BCUT2D eigenvalue weighted by Crippen LogP contribution is 2.26. The Morgan fingerprint density at radius 1 is 0.481 bits per heavy atom. The first-order valence-corrected chi connectivity index (χ1v) is 33.4. The second kappa shape index (κ2) is 57.3. The van der Waals surface area contributed by atoms with Crippen LogP contribution < -0.4 is 5.32 Å². The number of hydrogen-bond acceptors (Lipinski definition) is 10. The number of allylic oxidation sites excluding steroid dienone is 13. The molecule has 0 aliphatic carbocycles. The van der Waals surface area contributed by atoms with E-state index in [1.807, 2.05) is 6.08 Å². The average Bonchev–Trinajstić information content (AvgIpc) is 3.50. The van der Waals surface area contributed by atoms with Crippen molar-refractivity contribution in [1.82, 2.24) is 5.32 Å². The Bertz CT molecular complexity index is 1640. The largest absolute Gasteiger partial charge is 0.454 e. The van der Waals surface area contributed by atoms with Crippen molar-refractivity contribution in [2.75, 3.05) is 13.2 Å². The molecule has 1 amide bonds. The van der Waals surface area contributed by atoms with E-state index in [1.54, 1.807) is 6.08 Å². The van der Waals surface area contributed by atoms with Gasteiger partial charge in [-0.2, -0.15) is 0 Å². The Morgan fingerprint density at radius 3 is 1.30 bits per heavy atom. The molecule has 0 radical (unpaired) electrons. The van der Waals surface area contributed by atoms with Gasteiger partial charge in [-0.1, -0.05) is 260 Å².